The number of methoxy groups -OCH3 is 2. The quantitative estimate of drug-likeness (QED) is 0.265. The van der Waals surface area contributed by atoms with Crippen LogP contribution in [0.25, 0.3) is 0 Å². The van der Waals surface area contributed by atoms with Crippen molar-refractivity contribution in [1.82, 2.24) is 10.2 Å². The summed E-state index contributed by atoms with van der Waals surface area (Å²) in [7, 11) is -1.21. The van der Waals surface area contributed by atoms with Crippen LogP contribution in [0.1, 0.15) is 39.2 Å². The zero-order valence-electron chi connectivity index (χ0n) is 24.5. The molecule has 3 rings (SSSR count). The lowest BCUT2D eigenvalue weighted by atomic mass is 10.1. The summed E-state index contributed by atoms with van der Waals surface area (Å²) in [6, 6.07) is 18.6. The van der Waals surface area contributed by atoms with Crippen molar-refractivity contribution in [2.45, 2.75) is 57.1 Å². The topological polar surface area (TPSA) is 105 Å². The van der Waals surface area contributed by atoms with Crippen molar-refractivity contribution in [2.24, 2.45) is 0 Å². The molecule has 1 N–H and O–H groups in total. The van der Waals surface area contributed by atoms with Crippen LogP contribution in [0.5, 0.6) is 11.5 Å². The molecule has 11 heteroatoms. The molecule has 0 saturated heterocycles. The first-order valence-electron chi connectivity index (χ1n) is 13.7. The van der Waals surface area contributed by atoms with Crippen molar-refractivity contribution in [3.8, 4) is 11.5 Å². The fourth-order valence-corrected chi connectivity index (χ4v) is 6.07. The van der Waals surface area contributed by atoms with Gasteiger partial charge in [0, 0.05) is 12.6 Å². The summed E-state index contributed by atoms with van der Waals surface area (Å²) in [5.74, 6) is 0.0813. The van der Waals surface area contributed by atoms with E-state index in [-0.39, 0.29) is 34.1 Å². The van der Waals surface area contributed by atoms with E-state index >= 15 is 0 Å². The van der Waals surface area contributed by atoms with Gasteiger partial charge in [0.05, 0.1) is 29.8 Å². The molecular formula is C31H38ClN3O6S. The number of ether oxygens (including phenoxy) is 2. The number of halogens is 1. The summed E-state index contributed by atoms with van der Waals surface area (Å²) in [6.07, 6.45) is 1.03. The molecule has 0 unspecified atom stereocenters. The molecule has 42 heavy (non-hydrogen) atoms. The number of carbonyl (C=O) groups is 2. The van der Waals surface area contributed by atoms with Crippen molar-refractivity contribution in [2.75, 3.05) is 25.1 Å². The van der Waals surface area contributed by atoms with Gasteiger partial charge in [-0.25, -0.2) is 8.42 Å². The molecule has 3 aromatic carbocycles. The minimum atomic E-state index is -4.21. The van der Waals surface area contributed by atoms with Gasteiger partial charge in [0.15, 0.2) is 0 Å². The Hall–Kier alpha value is -3.76. The van der Waals surface area contributed by atoms with E-state index in [0.29, 0.717) is 24.3 Å². The van der Waals surface area contributed by atoms with Crippen molar-refractivity contribution in [3.05, 3.63) is 83.4 Å². The Bertz CT molecular complexity index is 1470. The summed E-state index contributed by atoms with van der Waals surface area (Å²) < 4.78 is 39.5. The van der Waals surface area contributed by atoms with Crippen LogP contribution in [0.3, 0.4) is 0 Å². The highest BCUT2D eigenvalue weighted by molar-refractivity contribution is 7.92. The summed E-state index contributed by atoms with van der Waals surface area (Å²) in [5.41, 5.74) is 0.902. The fourth-order valence-electron chi connectivity index (χ4n) is 4.39. The maximum absolute atomic E-state index is 14.2. The van der Waals surface area contributed by atoms with Gasteiger partial charge in [-0.15, -0.1) is 0 Å². The van der Waals surface area contributed by atoms with Crippen LogP contribution < -0.4 is 19.1 Å². The van der Waals surface area contributed by atoms with Crippen molar-refractivity contribution in [3.63, 3.8) is 0 Å². The van der Waals surface area contributed by atoms with Gasteiger partial charge in [-0.05, 0) is 67.8 Å². The van der Waals surface area contributed by atoms with E-state index in [2.05, 4.69) is 5.32 Å². The molecule has 3 aromatic rings. The monoisotopic (exact) mass is 615 g/mol. The van der Waals surface area contributed by atoms with Gasteiger partial charge in [0.1, 0.15) is 24.1 Å². The Labute approximate surface area is 253 Å². The number of amides is 2. The van der Waals surface area contributed by atoms with Gasteiger partial charge in [0.25, 0.3) is 10.0 Å². The molecule has 0 saturated carbocycles. The second-order valence-corrected chi connectivity index (χ2v) is 12.0. The normalized spacial score (nSPS) is 12.6. The zero-order chi connectivity index (χ0) is 30.9. The van der Waals surface area contributed by atoms with Gasteiger partial charge in [-0.2, -0.15) is 0 Å². The van der Waals surface area contributed by atoms with E-state index < -0.39 is 28.5 Å². The minimum absolute atomic E-state index is 0.00522. The average Bonchev–Trinajstić information content (AvgIpc) is 2.99. The van der Waals surface area contributed by atoms with E-state index in [1.807, 2.05) is 26.8 Å². The van der Waals surface area contributed by atoms with E-state index in [9.17, 15) is 18.0 Å². The van der Waals surface area contributed by atoms with Crippen molar-refractivity contribution < 1.29 is 27.5 Å². The maximum Gasteiger partial charge on any atom is 0.264 e. The van der Waals surface area contributed by atoms with Crippen LogP contribution in [0.15, 0.2) is 77.7 Å². The van der Waals surface area contributed by atoms with E-state index in [4.69, 9.17) is 21.1 Å². The molecule has 0 radical (unpaired) electrons. The number of hydrogen-bond donors (Lipinski definition) is 1. The fraction of sp³-hybridized carbons (Fsp3) is 0.355. The number of anilines is 1. The Morgan fingerprint density at radius 2 is 1.64 bits per heavy atom. The highest BCUT2D eigenvalue weighted by Gasteiger charge is 2.34. The van der Waals surface area contributed by atoms with Gasteiger partial charge < -0.3 is 19.7 Å². The summed E-state index contributed by atoms with van der Waals surface area (Å²) in [5, 5.41) is 3.15. The summed E-state index contributed by atoms with van der Waals surface area (Å²) >= 11 is 6.37. The predicted octanol–water partition coefficient (Wildman–Crippen LogP) is 5.27. The highest BCUT2D eigenvalue weighted by atomic mass is 35.5. The molecule has 2 amide bonds. The van der Waals surface area contributed by atoms with Gasteiger partial charge in [0.2, 0.25) is 11.8 Å². The number of carbonyl (C=O) groups excluding carboxylic acids is 2. The molecule has 2 atom stereocenters. The lowest BCUT2D eigenvalue weighted by molar-refractivity contribution is -0.140. The first-order valence-corrected chi connectivity index (χ1v) is 15.5. The van der Waals surface area contributed by atoms with Crippen LogP contribution in [0.4, 0.5) is 5.69 Å². The second-order valence-electron chi connectivity index (χ2n) is 9.76. The Balaban J connectivity index is 2.09. The largest absolute Gasteiger partial charge is 0.497 e. The molecular weight excluding hydrogens is 578 g/mol. The van der Waals surface area contributed by atoms with Crippen LogP contribution in [0, 0.1) is 0 Å². The molecule has 0 spiro atoms. The van der Waals surface area contributed by atoms with Crippen molar-refractivity contribution in [1.29, 1.82) is 0 Å². The predicted molar refractivity (Wildman–Crippen MR) is 164 cm³/mol. The minimum Gasteiger partial charge on any atom is -0.497 e. The molecule has 0 aliphatic heterocycles. The molecule has 0 aromatic heterocycles. The summed E-state index contributed by atoms with van der Waals surface area (Å²) in [6.45, 7) is 5.15. The average molecular weight is 616 g/mol. The second kappa shape index (κ2) is 14.9. The van der Waals surface area contributed by atoms with E-state index in [0.717, 1.165) is 9.87 Å². The van der Waals surface area contributed by atoms with Gasteiger partial charge in [-0.3, -0.25) is 13.9 Å². The molecule has 226 valence electrons. The number of sulfonamides is 1. The molecule has 9 nitrogen and oxygen atoms in total. The SMILES string of the molecule is CC[C@H](C(=O)N[C@@H](C)CC)N(Cc1cccc(OC)c1)C(=O)CN(c1ccc(OC)c(Cl)c1)S(=O)(=O)c1ccccc1. The maximum atomic E-state index is 14.2. The number of rotatable bonds is 14. The highest BCUT2D eigenvalue weighted by Crippen LogP contribution is 2.32. The molecule has 0 heterocycles. The van der Waals surface area contributed by atoms with Crippen LogP contribution >= 0.6 is 11.6 Å². The van der Waals surface area contributed by atoms with Crippen LogP contribution in [-0.2, 0) is 26.2 Å². The number of nitrogens with zero attached hydrogens (tertiary/aromatic N) is 2. The van der Waals surface area contributed by atoms with Crippen LogP contribution in [-0.4, -0.2) is 58.0 Å². The number of nitrogens with one attached hydrogen (secondary N) is 1. The molecule has 0 bridgehead atoms. The molecule has 0 aliphatic carbocycles. The molecule has 0 fully saturated rings. The van der Waals surface area contributed by atoms with E-state index in [1.165, 1.54) is 42.3 Å². The number of benzene rings is 3. The van der Waals surface area contributed by atoms with Crippen LogP contribution in [0.2, 0.25) is 5.02 Å². The van der Waals surface area contributed by atoms with Gasteiger partial charge >= 0.3 is 0 Å². The lowest BCUT2D eigenvalue weighted by Gasteiger charge is -2.34. The Morgan fingerprint density at radius 1 is 0.929 bits per heavy atom. The third-order valence-corrected chi connectivity index (χ3v) is 8.99. The Morgan fingerprint density at radius 3 is 2.24 bits per heavy atom. The van der Waals surface area contributed by atoms with Gasteiger partial charge in [-0.1, -0.05) is 55.8 Å². The summed E-state index contributed by atoms with van der Waals surface area (Å²) in [4.78, 5) is 29.0. The third kappa shape index (κ3) is 7.95. The standard InChI is InChI=1S/C31H38ClN3O6S/c1-6-22(3)33-31(37)28(7-2)34(20-23-12-11-13-25(18-23)40-4)30(36)21-35(24-16-17-29(41-5)27(32)19-24)42(38,39)26-14-9-8-10-15-26/h8-19,22,28H,6-7,20-21H2,1-5H3,(H,33,37)/t22-,28+/m0/s1. The Kier molecular flexibility index (Phi) is 11.6. The first kappa shape index (κ1) is 32.8. The lowest BCUT2D eigenvalue weighted by Crippen LogP contribution is -2.53. The molecule has 0 aliphatic rings. The van der Waals surface area contributed by atoms with E-state index in [1.54, 1.807) is 43.5 Å². The zero-order valence-corrected chi connectivity index (χ0v) is 26.1. The van der Waals surface area contributed by atoms with Crippen molar-refractivity contribution >= 4 is 39.1 Å². The smallest absolute Gasteiger partial charge is 0.264 e. The number of hydrogen-bond acceptors (Lipinski definition) is 6. The third-order valence-electron chi connectivity index (χ3n) is 6.91. The first-order chi connectivity index (χ1) is 20.0.